The van der Waals surface area contributed by atoms with Crippen LogP contribution < -0.4 is 5.73 Å². The van der Waals surface area contributed by atoms with Gasteiger partial charge in [-0.15, -0.1) is 0 Å². The van der Waals surface area contributed by atoms with E-state index in [9.17, 15) is 9.59 Å². The van der Waals surface area contributed by atoms with Gasteiger partial charge in [-0.05, 0) is 24.8 Å². The third kappa shape index (κ3) is 5.16. The average molecular weight is 272 g/mol. The highest BCUT2D eigenvalue weighted by atomic mass is 16.5. The van der Waals surface area contributed by atoms with E-state index < -0.39 is 12.1 Å². The first-order valence-electron chi connectivity index (χ1n) is 6.76. The maximum Gasteiger partial charge on any atom is 0.334 e. The van der Waals surface area contributed by atoms with Crippen LogP contribution in [-0.4, -0.2) is 54.2 Å². The lowest BCUT2D eigenvalue weighted by Crippen LogP contribution is -2.49. The fraction of sp³-hybridized carbons (Fsp3) is 0.846. The van der Waals surface area contributed by atoms with Gasteiger partial charge in [0.1, 0.15) is 0 Å². The molecule has 1 saturated heterocycles. The van der Waals surface area contributed by atoms with E-state index in [1.165, 1.54) is 0 Å². The molecule has 1 fully saturated rings. The second-order valence-electron chi connectivity index (χ2n) is 5.47. The largest absolute Gasteiger partial charge is 0.479 e. The monoisotopic (exact) mass is 272 g/mol. The number of carboxylic acids is 1. The molecule has 1 aliphatic rings. The second-order valence-corrected chi connectivity index (χ2v) is 5.47. The Hall–Kier alpha value is -1.14. The van der Waals surface area contributed by atoms with Crippen molar-refractivity contribution in [3.05, 3.63) is 0 Å². The SMILES string of the molecule is CC(C)C[C@H](CN)CC(=O)N1CCOC(C(=O)O)C1. The molecule has 1 heterocycles. The standard InChI is InChI=1S/C13H24N2O4/c1-9(2)5-10(7-14)6-12(16)15-3-4-19-11(8-15)13(17)18/h9-11H,3-8,14H2,1-2H3,(H,17,18)/t10-,11?/m0/s1. The van der Waals surface area contributed by atoms with Gasteiger partial charge in [-0.3, -0.25) is 4.79 Å². The molecule has 0 spiro atoms. The van der Waals surface area contributed by atoms with Crippen molar-refractivity contribution in [3.63, 3.8) is 0 Å². The first-order valence-corrected chi connectivity index (χ1v) is 6.76. The number of rotatable bonds is 6. The molecule has 0 bridgehead atoms. The predicted molar refractivity (Wildman–Crippen MR) is 70.6 cm³/mol. The number of hydrogen-bond donors (Lipinski definition) is 2. The fourth-order valence-electron chi connectivity index (χ4n) is 2.33. The van der Waals surface area contributed by atoms with Gasteiger partial charge in [0.15, 0.2) is 6.10 Å². The van der Waals surface area contributed by atoms with Gasteiger partial charge in [0.05, 0.1) is 13.2 Å². The lowest BCUT2D eigenvalue weighted by atomic mass is 9.93. The lowest BCUT2D eigenvalue weighted by molar-refractivity contribution is -0.159. The first-order chi connectivity index (χ1) is 8.93. The van der Waals surface area contributed by atoms with Gasteiger partial charge in [0, 0.05) is 13.0 Å². The first kappa shape index (κ1) is 15.9. The third-order valence-electron chi connectivity index (χ3n) is 3.30. The molecule has 0 aliphatic carbocycles. The summed E-state index contributed by atoms with van der Waals surface area (Å²) in [6.07, 6.45) is 0.398. The van der Waals surface area contributed by atoms with E-state index in [0.717, 1.165) is 6.42 Å². The van der Waals surface area contributed by atoms with E-state index in [-0.39, 0.29) is 25.0 Å². The van der Waals surface area contributed by atoms with E-state index in [4.69, 9.17) is 15.6 Å². The molecule has 0 saturated carbocycles. The number of nitrogens with zero attached hydrogens (tertiary/aromatic N) is 1. The fourth-order valence-corrected chi connectivity index (χ4v) is 2.33. The molecule has 19 heavy (non-hydrogen) atoms. The summed E-state index contributed by atoms with van der Waals surface area (Å²) < 4.78 is 5.10. The molecule has 1 aliphatic heterocycles. The molecular weight excluding hydrogens is 248 g/mol. The zero-order chi connectivity index (χ0) is 14.4. The number of morpholine rings is 1. The van der Waals surface area contributed by atoms with Crippen LogP contribution in [0.25, 0.3) is 0 Å². The number of carbonyl (C=O) groups excluding carboxylic acids is 1. The van der Waals surface area contributed by atoms with E-state index >= 15 is 0 Å². The predicted octanol–water partition coefficient (Wildman–Crippen LogP) is 0.310. The molecule has 1 amide bonds. The van der Waals surface area contributed by atoms with Crippen molar-refractivity contribution in [3.8, 4) is 0 Å². The summed E-state index contributed by atoms with van der Waals surface area (Å²) in [6, 6.07) is 0. The van der Waals surface area contributed by atoms with E-state index in [1.54, 1.807) is 4.90 Å². The van der Waals surface area contributed by atoms with Gasteiger partial charge in [0.2, 0.25) is 5.91 Å². The Labute approximate surface area is 113 Å². The van der Waals surface area contributed by atoms with Gasteiger partial charge in [-0.2, -0.15) is 0 Å². The van der Waals surface area contributed by atoms with E-state index in [0.29, 0.717) is 25.4 Å². The normalized spacial score (nSPS) is 21.5. The highest BCUT2D eigenvalue weighted by Crippen LogP contribution is 2.17. The number of ether oxygens (including phenoxy) is 1. The van der Waals surface area contributed by atoms with Crippen LogP contribution in [0.1, 0.15) is 26.7 Å². The Morgan fingerprint density at radius 1 is 1.47 bits per heavy atom. The van der Waals surface area contributed by atoms with Crippen LogP contribution in [0, 0.1) is 11.8 Å². The lowest BCUT2D eigenvalue weighted by Gasteiger charge is -2.32. The summed E-state index contributed by atoms with van der Waals surface area (Å²) in [5.74, 6) is -0.378. The van der Waals surface area contributed by atoms with Crippen molar-refractivity contribution in [2.24, 2.45) is 17.6 Å². The molecule has 1 rings (SSSR count). The minimum absolute atomic E-state index is 0.0225. The maximum atomic E-state index is 12.1. The number of carbonyl (C=O) groups is 2. The number of nitrogens with two attached hydrogens (primary N) is 1. The molecule has 3 N–H and O–H groups in total. The van der Waals surface area contributed by atoms with Crippen molar-refractivity contribution in [2.45, 2.75) is 32.8 Å². The average Bonchev–Trinajstić information content (AvgIpc) is 2.37. The van der Waals surface area contributed by atoms with Crippen LogP contribution in [0.5, 0.6) is 0 Å². The van der Waals surface area contributed by atoms with Gasteiger partial charge in [0.25, 0.3) is 0 Å². The van der Waals surface area contributed by atoms with Gasteiger partial charge >= 0.3 is 5.97 Å². The van der Waals surface area contributed by atoms with Crippen molar-refractivity contribution in [2.75, 3.05) is 26.2 Å². The van der Waals surface area contributed by atoms with Crippen molar-refractivity contribution in [1.29, 1.82) is 0 Å². The quantitative estimate of drug-likeness (QED) is 0.726. The third-order valence-corrected chi connectivity index (χ3v) is 3.30. The van der Waals surface area contributed by atoms with Crippen molar-refractivity contribution < 1.29 is 19.4 Å². The van der Waals surface area contributed by atoms with Gasteiger partial charge in [-0.1, -0.05) is 13.8 Å². The molecule has 0 aromatic heterocycles. The Bertz CT molecular complexity index is 320. The topological polar surface area (TPSA) is 92.9 Å². The molecule has 2 atom stereocenters. The smallest absolute Gasteiger partial charge is 0.334 e. The molecule has 0 aromatic carbocycles. The van der Waals surface area contributed by atoms with Crippen LogP contribution in [-0.2, 0) is 14.3 Å². The van der Waals surface area contributed by atoms with Crippen LogP contribution in [0.3, 0.4) is 0 Å². The Kier molecular flexibility index (Phi) is 6.24. The number of amides is 1. The zero-order valence-corrected chi connectivity index (χ0v) is 11.7. The summed E-state index contributed by atoms with van der Waals surface area (Å²) in [5, 5.41) is 8.90. The molecule has 6 heteroatoms. The summed E-state index contributed by atoms with van der Waals surface area (Å²) in [6.45, 7) is 5.55. The van der Waals surface area contributed by atoms with Crippen LogP contribution in [0.15, 0.2) is 0 Å². The van der Waals surface area contributed by atoms with Crippen molar-refractivity contribution in [1.82, 2.24) is 4.90 Å². The molecule has 6 nitrogen and oxygen atoms in total. The minimum atomic E-state index is -1.02. The summed E-state index contributed by atoms with van der Waals surface area (Å²) in [5.41, 5.74) is 5.68. The molecule has 0 radical (unpaired) electrons. The Morgan fingerprint density at radius 2 is 2.16 bits per heavy atom. The second kappa shape index (κ2) is 7.45. The minimum Gasteiger partial charge on any atom is -0.479 e. The van der Waals surface area contributed by atoms with Crippen LogP contribution in [0.2, 0.25) is 0 Å². The number of aliphatic carboxylic acids is 1. The summed E-state index contributed by atoms with van der Waals surface area (Å²) in [4.78, 5) is 24.6. The Morgan fingerprint density at radius 3 is 2.68 bits per heavy atom. The van der Waals surface area contributed by atoms with Crippen LogP contribution >= 0.6 is 0 Å². The molecule has 1 unspecified atom stereocenters. The van der Waals surface area contributed by atoms with Crippen molar-refractivity contribution >= 4 is 11.9 Å². The van der Waals surface area contributed by atoms with Gasteiger partial charge < -0.3 is 20.5 Å². The molecule has 0 aromatic rings. The number of hydrogen-bond acceptors (Lipinski definition) is 4. The Balaban J connectivity index is 2.49. The van der Waals surface area contributed by atoms with E-state index in [1.807, 2.05) is 0 Å². The highest BCUT2D eigenvalue weighted by molar-refractivity contribution is 5.78. The molecular formula is C13H24N2O4. The summed E-state index contributed by atoms with van der Waals surface area (Å²) in [7, 11) is 0. The zero-order valence-electron chi connectivity index (χ0n) is 11.7. The molecule has 110 valence electrons. The maximum absolute atomic E-state index is 12.1. The van der Waals surface area contributed by atoms with Crippen LogP contribution in [0.4, 0.5) is 0 Å². The van der Waals surface area contributed by atoms with E-state index in [2.05, 4.69) is 13.8 Å². The van der Waals surface area contributed by atoms with Gasteiger partial charge in [-0.25, -0.2) is 4.79 Å². The number of carboxylic acid groups (broad SMARTS) is 1. The summed E-state index contributed by atoms with van der Waals surface area (Å²) >= 11 is 0. The highest BCUT2D eigenvalue weighted by Gasteiger charge is 2.29.